The number of allylic oxidation sites excluding steroid dienone is 1. The van der Waals surface area contributed by atoms with Gasteiger partial charge in [-0.1, -0.05) is 43.0 Å². The second-order valence-electron chi connectivity index (χ2n) is 11.4. The zero-order valence-corrected chi connectivity index (χ0v) is 26.7. The lowest BCUT2D eigenvalue weighted by molar-refractivity contribution is -0.114. The van der Waals surface area contributed by atoms with Crippen molar-refractivity contribution < 1.29 is 14.3 Å². The van der Waals surface area contributed by atoms with E-state index in [2.05, 4.69) is 56.5 Å². The first-order valence-corrected chi connectivity index (χ1v) is 15.8. The third-order valence-corrected chi connectivity index (χ3v) is 7.98. The van der Waals surface area contributed by atoms with Crippen LogP contribution in [0.25, 0.3) is 0 Å². The first kappa shape index (κ1) is 32.0. The zero-order valence-electron chi connectivity index (χ0n) is 26.7. The fraction of sp³-hybridized carbons (Fsp3) is 0.158. The average molecular weight is 640 g/mol. The fourth-order valence-corrected chi connectivity index (χ4v) is 5.27. The molecule has 0 atom stereocenters. The van der Waals surface area contributed by atoms with E-state index in [0.29, 0.717) is 23.1 Å². The number of para-hydroxylation sites is 2. The van der Waals surface area contributed by atoms with Crippen molar-refractivity contribution in [2.45, 2.75) is 6.42 Å². The van der Waals surface area contributed by atoms with Crippen LogP contribution in [0.4, 0.5) is 34.5 Å². The van der Waals surface area contributed by atoms with E-state index < -0.39 is 5.91 Å². The van der Waals surface area contributed by atoms with Crippen molar-refractivity contribution in [1.82, 2.24) is 14.9 Å². The molecular weight excluding hydrogens is 602 g/mol. The van der Waals surface area contributed by atoms with Crippen LogP contribution in [-0.4, -0.2) is 59.8 Å². The molecule has 6 rings (SSSR count). The van der Waals surface area contributed by atoms with Gasteiger partial charge in [0.1, 0.15) is 22.9 Å². The van der Waals surface area contributed by atoms with Crippen molar-refractivity contribution in [3.8, 4) is 11.5 Å². The SMILES string of the molecule is C=CC(=O)Cc1ccccc1Nc1nc(Nc2ccc(N3CCN(C)CC3)cc2)ncc1C(=O)Nc1ccc(Oc2ccccc2)cc1. The van der Waals surface area contributed by atoms with E-state index in [0.717, 1.165) is 48.9 Å². The molecular formula is C38H37N7O3. The third-order valence-electron chi connectivity index (χ3n) is 7.98. The molecule has 1 aromatic heterocycles. The molecule has 1 aliphatic rings. The average Bonchev–Trinajstić information content (AvgIpc) is 3.11. The van der Waals surface area contributed by atoms with Gasteiger partial charge in [-0.15, -0.1) is 0 Å². The number of carbonyl (C=O) groups excluding carboxylic acids is 2. The predicted molar refractivity (Wildman–Crippen MR) is 191 cm³/mol. The smallest absolute Gasteiger partial charge is 0.261 e. The van der Waals surface area contributed by atoms with Gasteiger partial charge in [0.05, 0.1) is 0 Å². The summed E-state index contributed by atoms with van der Waals surface area (Å²) in [4.78, 5) is 39.7. The van der Waals surface area contributed by atoms with Crippen molar-refractivity contribution in [1.29, 1.82) is 0 Å². The maximum absolute atomic E-state index is 13.6. The number of ether oxygens (including phenoxy) is 1. The molecule has 1 aliphatic heterocycles. The number of aromatic nitrogens is 2. The highest BCUT2D eigenvalue weighted by Gasteiger charge is 2.18. The van der Waals surface area contributed by atoms with Crippen LogP contribution >= 0.6 is 0 Å². The van der Waals surface area contributed by atoms with Gasteiger partial charge in [-0.2, -0.15) is 4.98 Å². The summed E-state index contributed by atoms with van der Waals surface area (Å²) in [6, 6.07) is 32.1. The van der Waals surface area contributed by atoms with Crippen LogP contribution < -0.4 is 25.6 Å². The third kappa shape index (κ3) is 8.23. The van der Waals surface area contributed by atoms with E-state index >= 15 is 0 Å². The topological polar surface area (TPSA) is 112 Å². The lowest BCUT2D eigenvalue weighted by atomic mass is 10.1. The first-order valence-electron chi connectivity index (χ1n) is 15.8. The molecule has 4 aromatic carbocycles. The summed E-state index contributed by atoms with van der Waals surface area (Å²) < 4.78 is 5.87. The number of benzene rings is 4. The van der Waals surface area contributed by atoms with Gasteiger partial charge < -0.3 is 30.5 Å². The standard InChI is InChI=1S/C38H37N7O3/c1-3-31(46)25-27-9-7-8-12-35(27)42-36-34(37(47)40-28-15-19-33(20-16-28)48-32-10-5-4-6-11-32)26-39-38(43-36)41-29-13-17-30(18-14-29)45-23-21-44(2)22-24-45/h3-20,26H,1,21-25H2,2H3,(H,40,47)(H2,39,41,42,43). The van der Waals surface area contributed by atoms with Crippen molar-refractivity contribution in [2.75, 3.05) is 54.1 Å². The zero-order chi connectivity index (χ0) is 33.3. The van der Waals surface area contributed by atoms with Crippen molar-refractivity contribution >= 4 is 46.2 Å². The molecule has 48 heavy (non-hydrogen) atoms. The number of carbonyl (C=O) groups is 2. The second kappa shape index (κ2) is 15.1. The summed E-state index contributed by atoms with van der Waals surface area (Å²) in [5.41, 5.74) is 4.16. The van der Waals surface area contributed by atoms with Gasteiger partial charge in [0.2, 0.25) is 5.95 Å². The fourth-order valence-electron chi connectivity index (χ4n) is 5.27. The normalized spacial score (nSPS) is 13.0. The van der Waals surface area contributed by atoms with E-state index in [-0.39, 0.29) is 23.6 Å². The number of hydrogen-bond donors (Lipinski definition) is 3. The van der Waals surface area contributed by atoms with Gasteiger partial charge >= 0.3 is 0 Å². The molecule has 3 N–H and O–H groups in total. The molecule has 1 fully saturated rings. The number of ketones is 1. The van der Waals surface area contributed by atoms with Gasteiger partial charge in [0, 0.05) is 61.5 Å². The molecule has 1 saturated heterocycles. The van der Waals surface area contributed by atoms with Crippen LogP contribution in [0.2, 0.25) is 0 Å². The van der Waals surface area contributed by atoms with Crippen LogP contribution in [-0.2, 0) is 11.2 Å². The number of hydrogen-bond acceptors (Lipinski definition) is 9. The van der Waals surface area contributed by atoms with E-state index in [1.54, 1.807) is 24.3 Å². The Bertz CT molecular complexity index is 1870. The van der Waals surface area contributed by atoms with Crippen LogP contribution in [0.1, 0.15) is 15.9 Å². The number of rotatable bonds is 12. The number of anilines is 6. The van der Waals surface area contributed by atoms with E-state index in [1.807, 2.05) is 66.7 Å². The molecule has 10 heteroatoms. The maximum atomic E-state index is 13.6. The highest BCUT2D eigenvalue weighted by atomic mass is 16.5. The van der Waals surface area contributed by atoms with E-state index in [4.69, 9.17) is 9.72 Å². The summed E-state index contributed by atoms with van der Waals surface area (Å²) in [5, 5.41) is 9.48. The summed E-state index contributed by atoms with van der Waals surface area (Å²) in [6.07, 6.45) is 2.94. The number of nitrogens with zero attached hydrogens (tertiary/aromatic N) is 4. The Morgan fingerprint density at radius 3 is 2.21 bits per heavy atom. The Morgan fingerprint density at radius 2 is 1.48 bits per heavy atom. The minimum absolute atomic E-state index is 0.119. The molecule has 1 amide bonds. The number of nitrogens with one attached hydrogen (secondary N) is 3. The monoisotopic (exact) mass is 639 g/mol. The quantitative estimate of drug-likeness (QED) is 0.124. The maximum Gasteiger partial charge on any atom is 0.261 e. The Labute approximate surface area is 280 Å². The Kier molecular flexibility index (Phi) is 10.0. The molecule has 2 heterocycles. The van der Waals surface area contributed by atoms with Crippen molar-refractivity contribution in [3.05, 3.63) is 133 Å². The molecule has 0 bridgehead atoms. The summed E-state index contributed by atoms with van der Waals surface area (Å²) in [6.45, 7) is 7.62. The molecule has 0 spiro atoms. The van der Waals surface area contributed by atoms with Crippen LogP contribution in [0.3, 0.4) is 0 Å². The van der Waals surface area contributed by atoms with Gasteiger partial charge in [0.25, 0.3) is 5.91 Å². The predicted octanol–water partition coefficient (Wildman–Crippen LogP) is 7.06. The summed E-state index contributed by atoms with van der Waals surface area (Å²) in [5.74, 6) is 1.42. The minimum Gasteiger partial charge on any atom is -0.457 e. The minimum atomic E-state index is -0.406. The Balaban J connectivity index is 1.23. The van der Waals surface area contributed by atoms with E-state index in [9.17, 15) is 9.59 Å². The summed E-state index contributed by atoms with van der Waals surface area (Å²) >= 11 is 0. The lowest BCUT2D eigenvalue weighted by Crippen LogP contribution is -2.44. The molecule has 0 unspecified atom stereocenters. The number of piperazine rings is 1. The highest BCUT2D eigenvalue weighted by molar-refractivity contribution is 6.08. The van der Waals surface area contributed by atoms with Gasteiger partial charge in [-0.25, -0.2) is 4.98 Å². The van der Waals surface area contributed by atoms with Crippen LogP contribution in [0.15, 0.2) is 122 Å². The van der Waals surface area contributed by atoms with Crippen LogP contribution in [0, 0.1) is 0 Å². The number of likely N-dealkylation sites (N-methyl/N-ethyl adjacent to an activating group) is 1. The van der Waals surface area contributed by atoms with Gasteiger partial charge in [-0.3, -0.25) is 9.59 Å². The molecule has 5 aromatic rings. The molecule has 242 valence electrons. The first-order chi connectivity index (χ1) is 23.4. The molecule has 10 nitrogen and oxygen atoms in total. The second-order valence-corrected chi connectivity index (χ2v) is 11.4. The Morgan fingerprint density at radius 1 is 0.812 bits per heavy atom. The largest absolute Gasteiger partial charge is 0.457 e. The molecule has 0 aliphatic carbocycles. The van der Waals surface area contributed by atoms with Gasteiger partial charge in [0.15, 0.2) is 5.78 Å². The summed E-state index contributed by atoms with van der Waals surface area (Å²) in [7, 11) is 2.14. The highest BCUT2D eigenvalue weighted by Crippen LogP contribution is 2.28. The molecule has 0 radical (unpaired) electrons. The lowest BCUT2D eigenvalue weighted by Gasteiger charge is -2.34. The van der Waals surface area contributed by atoms with Crippen LogP contribution in [0.5, 0.6) is 11.5 Å². The van der Waals surface area contributed by atoms with Crippen molar-refractivity contribution in [2.24, 2.45) is 0 Å². The Hall–Kier alpha value is -6.00. The van der Waals surface area contributed by atoms with Gasteiger partial charge in [-0.05, 0) is 85.4 Å². The number of amides is 1. The van der Waals surface area contributed by atoms with E-state index in [1.165, 1.54) is 12.3 Å². The van der Waals surface area contributed by atoms with Crippen molar-refractivity contribution in [3.63, 3.8) is 0 Å². The molecule has 0 saturated carbocycles.